The van der Waals surface area contributed by atoms with Crippen LogP contribution < -0.4 is 15.0 Å². The Balaban J connectivity index is 1.55. The molecule has 3 aromatic rings. The van der Waals surface area contributed by atoms with Gasteiger partial charge in [-0.15, -0.1) is 0 Å². The van der Waals surface area contributed by atoms with Crippen molar-refractivity contribution in [2.45, 2.75) is 25.7 Å². The molecule has 1 fully saturated rings. The van der Waals surface area contributed by atoms with Crippen LogP contribution in [0.25, 0.3) is 11.3 Å². The van der Waals surface area contributed by atoms with E-state index in [1.807, 2.05) is 6.08 Å². The molecule has 0 bridgehead atoms. The molecular formula is C27H27ClN4O5. The van der Waals surface area contributed by atoms with E-state index in [9.17, 15) is 14.7 Å². The van der Waals surface area contributed by atoms with E-state index in [1.54, 1.807) is 30.3 Å². The van der Waals surface area contributed by atoms with Gasteiger partial charge in [-0.1, -0.05) is 36.6 Å². The lowest BCUT2D eigenvalue weighted by atomic mass is 10.1. The van der Waals surface area contributed by atoms with Gasteiger partial charge in [-0.2, -0.15) is 4.98 Å². The molecule has 1 N–H and O–H groups in total. The van der Waals surface area contributed by atoms with E-state index in [4.69, 9.17) is 21.1 Å². The number of ether oxygens (including phenoxy) is 2. The number of methoxy groups -OCH3 is 2. The molecule has 2 aliphatic rings. The number of pyridine rings is 1. The van der Waals surface area contributed by atoms with Crippen LogP contribution >= 0.6 is 11.6 Å². The number of hydrogen-bond donors (Lipinski definition) is 1. The largest absolute Gasteiger partial charge is 0.494 e. The van der Waals surface area contributed by atoms with E-state index in [0.29, 0.717) is 46.1 Å². The van der Waals surface area contributed by atoms with Crippen LogP contribution in [-0.2, 0) is 6.42 Å². The maximum absolute atomic E-state index is 14.0. The number of amides is 1. The standard InChI is InChI=1S/C27H27ClN4O5/c1-36-20-4-3-5-21(37-2)24(20)32-22(11-8-16-6-7-16)30-25(33)23(27(32)35)26(34)31-13-12-17(15-31)19-10-9-18(28)14-29-19/h3-5,9-10,12,14,16,33H,6-8,11,13,15H2,1-2H3. The molecule has 9 nitrogen and oxygen atoms in total. The number of benzene rings is 1. The topological polar surface area (TPSA) is 107 Å². The van der Waals surface area contributed by atoms with Gasteiger partial charge in [-0.05, 0) is 42.2 Å². The first-order valence-corrected chi connectivity index (χ1v) is 12.5. The summed E-state index contributed by atoms with van der Waals surface area (Å²) in [5.41, 5.74) is 0.778. The number of aryl methyl sites for hydroxylation is 1. The first-order chi connectivity index (χ1) is 17.9. The highest BCUT2D eigenvalue weighted by atomic mass is 35.5. The van der Waals surface area contributed by atoms with Crippen molar-refractivity contribution in [3.8, 4) is 23.1 Å². The number of nitrogens with zero attached hydrogens (tertiary/aromatic N) is 4. The summed E-state index contributed by atoms with van der Waals surface area (Å²) < 4.78 is 12.4. The Labute approximate surface area is 219 Å². The van der Waals surface area contributed by atoms with Crippen molar-refractivity contribution in [2.75, 3.05) is 27.3 Å². The third-order valence-electron chi connectivity index (χ3n) is 6.71. The van der Waals surface area contributed by atoms with Crippen LogP contribution in [0.4, 0.5) is 0 Å². The average Bonchev–Trinajstić information content (AvgIpc) is 3.60. The van der Waals surface area contributed by atoms with Gasteiger partial charge in [0.15, 0.2) is 5.56 Å². The quantitative estimate of drug-likeness (QED) is 0.478. The summed E-state index contributed by atoms with van der Waals surface area (Å²) in [7, 11) is 2.99. The summed E-state index contributed by atoms with van der Waals surface area (Å²) in [4.78, 5) is 37.7. The van der Waals surface area contributed by atoms with Crippen molar-refractivity contribution in [2.24, 2.45) is 5.92 Å². The Morgan fingerprint density at radius 1 is 1.16 bits per heavy atom. The Kier molecular flexibility index (Phi) is 6.88. The zero-order valence-electron chi connectivity index (χ0n) is 20.6. The van der Waals surface area contributed by atoms with E-state index in [1.165, 1.54) is 29.9 Å². The van der Waals surface area contributed by atoms with Crippen LogP contribution in [0.1, 0.15) is 41.1 Å². The summed E-state index contributed by atoms with van der Waals surface area (Å²) >= 11 is 5.94. The Hall–Kier alpha value is -3.85. The van der Waals surface area contributed by atoms with Gasteiger partial charge in [0.2, 0.25) is 5.88 Å². The lowest BCUT2D eigenvalue weighted by Crippen LogP contribution is -2.37. The van der Waals surface area contributed by atoms with Crippen molar-refractivity contribution in [1.29, 1.82) is 0 Å². The van der Waals surface area contributed by atoms with Gasteiger partial charge in [0.05, 0.1) is 24.9 Å². The van der Waals surface area contributed by atoms with Gasteiger partial charge >= 0.3 is 0 Å². The minimum absolute atomic E-state index is 0.230. The van der Waals surface area contributed by atoms with E-state index in [2.05, 4.69) is 9.97 Å². The number of halogens is 1. The van der Waals surface area contributed by atoms with Crippen LogP contribution in [-0.4, -0.2) is 57.8 Å². The van der Waals surface area contributed by atoms with Crippen molar-refractivity contribution in [3.63, 3.8) is 0 Å². The predicted octanol–water partition coefficient (Wildman–Crippen LogP) is 3.89. The number of aromatic nitrogens is 3. The van der Waals surface area contributed by atoms with Crippen molar-refractivity contribution >= 4 is 23.1 Å². The smallest absolute Gasteiger partial charge is 0.275 e. The Morgan fingerprint density at radius 2 is 1.89 bits per heavy atom. The molecule has 0 radical (unpaired) electrons. The van der Waals surface area contributed by atoms with Crippen LogP contribution in [0.15, 0.2) is 47.4 Å². The maximum atomic E-state index is 14.0. The maximum Gasteiger partial charge on any atom is 0.275 e. The van der Waals surface area contributed by atoms with Gasteiger partial charge in [0, 0.05) is 25.7 Å². The van der Waals surface area contributed by atoms with Gasteiger partial charge < -0.3 is 19.5 Å². The molecule has 0 spiro atoms. The molecule has 0 unspecified atom stereocenters. The lowest BCUT2D eigenvalue weighted by molar-refractivity contribution is 0.0795. The average molecular weight is 523 g/mol. The van der Waals surface area contributed by atoms with E-state index in [-0.39, 0.29) is 13.1 Å². The lowest BCUT2D eigenvalue weighted by Gasteiger charge is -2.21. The van der Waals surface area contributed by atoms with Gasteiger partial charge in [0.25, 0.3) is 11.5 Å². The first kappa shape index (κ1) is 24.8. The fourth-order valence-electron chi connectivity index (χ4n) is 4.55. The second-order valence-electron chi connectivity index (χ2n) is 9.14. The van der Waals surface area contributed by atoms with Gasteiger partial charge in [-0.25, -0.2) is 0 Å². The van der Waals surface area contributed by atoms with Crippen LogP contribution in [0, 0.1) is 5.92 Å². The third-order valence-corrected chi connectivity index (χ3v) is 6.93. The Bertz CT molecular complexity index is 1410. The molecule has 10 heteroatoms. The highest BCUT2D eigenvalue weighted by Crippen LogP contribution is 2.36. The van der Waals surface area contributed by atoms with Crippen LogP contribution in [0.5, 0.6) is 17.4 Å². The van der Waals surface area contributed by atoms with Crippen molar-refractivity contribution in [3.05, 3.63) is 75.1 Å². The molecule has 0 saturated heterocycles. The summed E-state index contributed by atoms with van der Waals surface area (Å²) in [6.07, 6.45) is 6.96. The minimum atomic E-state index is -0.677. The van der Waals surface area contributed by atoms with Crippen molar-refractivity contribution < 1.29 is 19.4 Å². The summed E-state index contributed by atoms with van der Waals surface area (Å²) in [6.45, 7) is 0.493. The summed E-state index contributed by atoms with van der Waals surface area (Å²) in [5.74, 6) is 0.497. The number of rotatable bonds is 8. The molecular weight excluding hydrogens is 496 g/mol. The number of aromatic hydroxyl groups is 1. The number of hydrogen-bond acceptors (Lipinski definition) is 7. The van der Waals surface area contributed by atoms with E-state index < -0.39 is 22.9 Å². The predicted molar refractivity (Wildman–Crippen MR) is 139 cm³/mol. The zero-order valence-corrected chi connectivity index (χ0v) is 21.4. The van der Waals surface area contributed by atoms with E-state index >= 15 is 0 Å². The SMILES string of the molecule is COc1cccc(OC)c1-n1c(CCC2CC2)nc(O)c(C(=O)N2CC=C(c3ccc(Cl)cn3)C2)c1=O. The normalized spacial score (nSPS) is 15.0. The Morgan fingerprint density at radius 3 is 2.51 bits per heavy atom. The number of para-hydroxylation sites is 1. The highest BCUT2D eigenvalue weighted by Gasteiger charge is 2.31. The molecule has 3 heterocycles. The van der Waals surface area contributed by atoms with Gasteiger partial charge in [0.1, 0.15) is 23.0 Å². The molecule has 1 amide bonds. The summed E-state index contributed by atoms with van der Waals surface area (Å²) in [6, 6.07) is 8.66. The number of carbonyl (C=O) groups is 1. The second-order valence-corrected chi connectivity index (χ2v) is 9.57. The van der Waals surface area contributed by atoms with E-state index in [0.717, 1.165) is 24.8 Å². The summed E-state index contributed by atoms with van der Waals surface area (Å²) in [5, 5.41) is 11.4. The number of carbonyl (C=O) groups excluding carboxylic acids is 1. The molecule has 5 rings (SSSR count). The second kappa shape index (κ2) is 10.3. The fourth-order valence-corrected chi connectivity index (χ4v) is 4.66. The fraction of sp³-hybridized carbons (Fsp3) is 0.333. The monoisotopic (exact) mass is 522 g/mol. The third kappa shape index (κ3) is 4.91. The molecule has 1 aromatic carbocycles. The first-order valence-electron chi connectivity index (χ1n) is 12.1. The molecule has 192 valence electrons. The molecule has 0 atom stereocenters. The molecule has 1 aliphatic heterocycles. The molecule has 1 aliphatic carbocycles. The van der Waals surface area contributed by atoms with Crippen LogP contribution in [0.3, 0.4) is 0 Å². The van der Waals surface area contributed by atoms with Crippen LogP contribution in [0.2, 0.25) is 5.02 Å². The molecule has 2 aromatic heterocycles. The highest BCUT2D eigenvalue weighted by molar-refractivity contribution is 6.30. The van der Waals surface area contributed by atoms with Gasteiger partial charge in [-0.3, -0.25) is 19.1 Å². The van der Waals surface area contributed by atoms with Crippen molar-refractivity contribution in [1.82, 2.24) is 19.4 Å². The molecule has 1 saturated carbocycles. The zero-order chi connectivity index (χ0) is 26.1. The molecule has 37 heavy (non-hydrogen) atoms. The minimum Gasteiger partial charge on any atom is -0.494 e.